The number of nitrogens with zero attached hydrogens (tertiary/aromatic N) is 2. The summed E-state index contributed by atoms with van der Waals surface area (Å²) in [4.78, 5) is 41.2. The topological polar surface area (TPSA) is 101 Å². The Kier molecular flexibility index (Phi) is 7.39. The molecule has 3 N–H and O–H groups in total. The monoisotopic (exact) mass is 410 g/mol. The molecule has 0 radical (unpaired) electrons. The molecular formula is C19H24ClFN4O3. The second-order valence-electron chi connectivity index (χ2n) is 6.43. The smallest absolute Gasteiger partial charge is 0.330 e. The molecule has 1 aromatic carbocycles. The summed E-state index contributed by atoms with van der Waals surface area (Å²) in [6.45, 7) is 4.41. The highest BCUT2D eigenvalue weighted by Gasteiger charge is 2.26. The number of hydrogen-bond donors (Lipinski definition) is 2. The Hall–Kier alpha value is -2.61. The SMILES string of the molecule is CCCCN(C(=O)c1ccc(F)cc1Cl)c1c(N)n(CCCC)c(=O)[nH]c1=O. The molecule has 0 fully saturated rings. The molecule has 0 saturated heterocycles. The second kappa shape index (κ2) is 9.54. The van der Waals surface area contributed by atoms with Crippen LogP contribution in [0.4, 0.5) is 15.9 Å². The molecule has 0 atom stereocenters. The zero-order valence-electron chi connectivity index (χ0n) is 15.9. The Morgan fingerprint density at radius 2 is 1.93 bits per heavy atom. The first-order chi connectivity index (χ1) is 13.3. The van der Waals surface area contributed by atoms with Crippen LogP contribution < -0.4 is 21.9 Å². The maximum atomic E-state index is 13.4. The molecule has 0 aliphatic heterocycles. The summed E-state index contributed by atoms with van der Waals surface area (Å²) in [7, 11) is 0. The van der Waals surface area contributed by atoms with Crippen molar-refractivity contribution in [3.63, 3.8) is 0 Å². The Morgan fingerprint density at radius 3 is 2.54 bits per heavy atom. The van der Waals surface area contributed by atoms with Gasteiger partial charge in [-0.15, -0.1) is 0 Å². The number of H-pyrrole nitrogens is 1. The first kappa shape index (κ1) is 21.7. The highest BCUT2D eigenvalue weighted by molar-refractivity contribution is 6.34. The number of benzene rings is 1. The van der Waals surface area contributed by atoms with Gasteiger partial charge in [0.25, 0.3) is 11.5 Å². The van der Waals surface area contributed by atoms with Crippen molar-refractivity contribution in [3.8, 4) is 0 Å². The number of halogens is 2. The number of amides is 1. The van der Waals surface area contributed by atoms with Gasteiger partial charge in [0.1, 0.15) is 11.6 Å². The van der Waals surface area contributed by atoms with Crippen molar-refractivity contribution in [1.29, 1.82) is 0 Å². The fraction of sp³-hybridized carbons (Fsp3) is 0.421. The summed E-state index contributed by atoms with van der Waals surface area (Å²) >= 11 is 6.03. The number of aromatic nitrogens is 2. The minimum atomic E-state index is -0.752. The highest BCUT2D eigenvalue weighted by Crippen LogP contribution is 2.24. The van der Waals surface area contributed by atoms with Gasteiger partial charge in [0.2, 0.25) is 0 Å². The van der Waals surface area contributed by atoms with E-state index in [-0.39, 0.29) is 28.6 Å². The third kappa shape index (κ3) is 4.62. The van der Waals surface area contributed by atoms with E-state index in [1.807, 2.05) is 13.8 Å². The maximum Gasteiger partial charge on any atom is 0.330 e. The average molecular weight is 411 g/mol. The molecule has 1 heterocycles. The molecule has 28 heavy (non-hydrogen) atoms. The van der Waals surface area contributed by atoms with Crippen molar-refractivity contribution >= 4 is 29.0 Å². The summed E-state index contributed by atoms with van der Waals surface area (Å²) in [6.07, 6.45) is 2.86. The van der Waals surface area contributed by atoms with Crippen LogP contribution in [0.1, 0.15) is 49.9 Å². The summed E-state index contributed by atoms with van der Waals surface area (Å²) < 4.78 is 14.6. The number of aromatic amines is 1. The van der Waals surface area contributed by atoms with Gasteiger partial charge in [-0.2, -0.15) is 0 Å². The third-order valence-electron chi connectivity index (χ3n) is 4.36. The lowest BCUT2D eigenvalue weighted by molar-refractivity contribution is 0.0986. The van der Waals surface area contributed by atoms with Gasteiger partial charge in [0.05, 0.1) is 10.6 Å². The van der Waals surface area contributed by atoms with E-state index < -0.39 is 23.0 Å². The van der Waals surface area contributed by atoms with Gasteiger partial charge >= 0.3 is 5.69 Å². The minimum absolute atomic E-state index is 0.0456. The Labute approximate surface area is 166 Å². The van der Waals surface area contributed by atoms with Gasteiger partial charge in [-0.3, -0.25) is 19.1 Å². The molecule has 0 spiro atoms. The standard InChI is InChI=1S/C19H24ClFN4O3/c1-3-5-9-24(18(27)13-8-7-12(21)11-14(13)20)15-16(22)25(10-6-4-2)19(28)23-17(15)26/h7-8,11H,3-6,9-10,22H2,1-2H3,(H,23,26,28). The van der Waals surface area contributed by atoms with E-state index >= 15 is 0 Å². The third-order valence-corrected chi connectivity index (χ3v) is 4.67. The molecule has 152 valence electrons. The van der Waals surface area contributed by atoms with E-state index in [0.29, 0.717) is 19.4 Å². The molecule has 1 aromatic heterocycles. The zero-order chi connectivity index (χ0) is 20.8. The molecule has 9 heteroatoms. The fourth-order valence-corrected chi connectivity index (χ4v) is 3.06. The number of hydrogen-bond acceptors (Lipinski definition) is 4. The van der Waals surface area contributed by atoms with Crippen molar-refractivity contribution in [3.05, 3.63) is 55.4 Å². The Balaban J connectivity index is 2.61. The largest absolute Gasteiger partial charge is 0.383 e. The molecule has 0 aliphatic rings. The van der Waals surface area contributed by atoms with E-state index in [1.54, 1.807) is 0 Å². The van der Waals surface area contributed by atoms with Crippen LogP contribution in [0, 0.1) is 5.82 Å². The maximum absolute atomic E-state index is 13.4. The lowest BCUT2D eigenvalue weighted by atomic mass is 10.1. The summed E-state index contributed by atoms with van der Waals surface area (Å²) in [5, 5.41) is -0.0687. The van der Waals surface area contributed by atoms with Crippen molar-refractivity contribution in [1.82, 2.24) is 9.55 Å². The van der Waals surface area contributed by atoms with Crippen molar-refractivity contribution in [2.24, 2.45) is 0 Å². The fourth-order valence-electron chi connectivity index (χ4n) is 2.82. The number of nitrogens with one attached hydrogen (secondary N) is 1. The van der Waals surface area contributed by atoms with Crippen LogP contribution in [0.25, 0.3) is 0 Å². The summed E-state index contributed by atoms with van der Waals surface area (Å²) in [5.41, 5.74) is 4.70. The Bertz CT molecular complexity index is 971. The van der Waals surface area contributed by atoms with Crippen LogP contribution in [0.2, 0.25) is 5.02 Å². The summed E-state index contributed by atoms with van der Waals surface area (Å²) in [5.74, 6) is -1.24. The lowest BCUT2D eigenvalue weighted by Gasteiger charge is -2.25. The average Bonchev–Trinajstić information content (AvgIpc) is 2.63. The number of carbonyl (C=O) groups excluding carboxylic acids is 1. The second-order valence-corrected chi connectivity index (χ2v) is 6.84. The molecule has 0 unspecified atom stereocenters. The van der Waals surface area contributed by atoms with Crippen molar-refractivity contribution < 1.29 is 9.18 Å². The molecule has 0 saturated carbocycles. The van der Waals surface area contributed by atoms with E-state index in [0.717, 1.165) is 25.0 Å². The number of carbonyl (C=O) groups is 1. The van der Waals surface area contributed by atoms with Gasteiger partial charge in [-0.1, -0.05) is 38.3 Å². The van der Waals surface area contributed by atoms with Crippen molar-refractivity contribution in [2.75, 3.05) is 17.2 Å². The molecule has 1 amide bonds. The van der Waals surface area contributed by atoms with Crippen LogP contribution in [-0.4, -0.2) is 22.0 Å². The molecular weight excluding hydrogens is 387 g/mol. The Morgan fingerprint density at radius 1 is 1.25 bits per heavy atom. The zero-order valence-corrected chi connectivity index (χ0v) is 16.7. The van der Waals surface area contributed by atoms with E-state index in [9.17, 15) is 18.8 Å². The van der Waals surface area contributed by atoms with E-state index in [4.69, 9.17) is 17.3 Å². The molecule has 0 bridgehead atoms. The first-order valence-corrected chi connectivity index (χ1v) is 9.59. The van der Waals surface area contributed by atoms with E-state index in [2.05, 4.69) is 4.98 Å². The number of rotatable bonds is 8. The number of nitrogen functional groups attached to an aromatic ring is 1. The summed E-state index contributed by atoms with van der Waals surface area (Å²) in [6, 6.07) is 3.41. The number of anilines is 2. The highest BCUT2D eigenvalue weighted by atomic mass is 35.5. The van der Waals surface area contributed by atoms with Gasteiger partial charge in [0, 0.05) is 13.1 Å². The molecule has 7 nitrogen and oxygen atoms in total. The van der Waals surface area contributed by atoms with E-state index in [1.165, 1.54) is 15.5 Å². The van der Waals surface area contributed by atoms with Gasteiger partial charge < -0.3 is 10.6 Å². The van der Waals surface area contributed by atoms with Crippen LogP contribution in [-0.2, 0) is 6.54 Å². The normalized spacial score (nSPS) is 10.9. The van der Waals surface area contributed by atoms with Gasteiger partial charge in [-0.25, -0.2) is 9.18 Å². The molecule has 2 rings (SSSR count). The lowest BCUT2D eigenvalue weighted by Crippen LogP contribution is -2.41. The van der Waals surface area contributed by atoms with Crippen LogP contribution in [0.5, 0.6) is 0 Å². The molecule has 0 aliphatic carbocycles. The minimum Gasteiger partial charge on any atom is -0.383 e. The number of unbranched alkanes of at least 4 members (excludes halogenated alkanes) is 2. The van der Waals surface area contributed by atoms with Gasteiger partial charge in [0.15, 0.2) is 5.69 Å². The van der Waals surface area contributed by atoms with Crippen LogP contribution >= 0.6 is 11.6 Å². The van der Waals surface area contributed by atoms with Gasteiger partial charge in [-0.05, 0) is 31.0 Å². The first-order valence-electron chi connectivity index (χ1n) is 9.21. The molecule has 2 aromatic rings. The predicted molar refractivity (Wildman–Crippen MR) is 109 cm³/mol. The van der Waals surface area contributed by atoms with Crippen LogP contribution in [0.15, 0.2) is 27.8 Å². The van der Waals surface area contributed by atoms with Crippen LogP contribution in [0.3, 0.4) is 0 Å². The predicted octanol–water partition coefficient (Wildman–Crippen LogP) is 3.16. The number of nitrogens with two attached hydrogens (primary N) is 1. The van der Waals surface area contributed by atoms with Crippen molar-refractivity contribution in [2.45, 2.75) is 46.1 Å². The quantitative estimate of drug-likeness (QED) is 0.697.